The highest BCUT2D eigenvalue weighted by Crippen LogP contribution is 2.54. The molecule has 196 valence electrons. The maximum absolute atomic E-state index is 13.2. The van der Waals surface area contributed by atoms with Crippen molar-refractivity contribution in [2.75, 3.05) is 27.7 Å². The Morgan fingerprint density at radius 1 is 0.889 bits per heavy atom. The summed E-state index contributed by atoms with van der Waals surface area (Å²) in [6.45, 7) is 0.802. The van der Waals surface area contributed by atoms with Gasteiger partial charge in [0.15, 0.2) is 0 Å². The van der Waals surface area contributed by atoms with Gasteiger partial charge in [0, 0.05) is 5.92 Å². The van der Waals surface area contributed by atoms with Gasteiger partial charge in [0.05, 0.1) is 44.4 Å². The quantitative estimate of drug-likeness (QED) is 0.230. The molecule has 0 spiro atoms. The largest absolute Gasteiger partial charge is 0.788 e. The number of rotatable bonds is 8. The Hall–Kier alpha value is -2.40. The molecule has 0 aromatic heterocycles. The molecule has 2 bridgehead atoms. The van der Waals surface area contributed by atoms with Crippen LogP contribution in [0.4, 0.5) is 26.3 Å². The smallest absolute Gasteiger partial charge is 0.501 e. The Kier molecular flexibility index (Phi) is 7.02. The van der Waals surface area contributed by atoms with Crippen molar-refractivity contribution in [3.8, 4) is 11.5 Å². The van der Waals surface area contributed by atoms with E-state index in [-0.39, 0.29) is 17.4 Å². The first kappa shape index (κ1) is 26.7. The molecule has 4 nitrogen and oxygen atoms in total. The average Bonchev–Trinajstić information content (AvgIpc) is 3.29. The molecule has 3 atom stereocenters. The van der Waals surface area contributed by atoms with Crippen LogP contribution in [0.5, 0.6) is 11.5 Å². The van der Waals surface area contributed by atoms with Crippen LogP contribution in [0.1, 0.15) is 36.8 Å². The van der Waals surface area contributed by atoms with Gasteiger partial charge in [-0.2, -0.15) is 26.3 Å². The maximum atomic E-state index is 13.2. The fraction of sp³-hybridized carbons (Fsp3) is 0.520. The van der Waals surface area contributed by atoms with Crippen LogP contribution in [0.3, 0.4) is 0 Å². The van der Waals surface area contributed by atoms with Gasteiger partial charge in [-0.05, 0) is 68.0 Å². The zero-order chi connectivity index (χ0) is 26.4. The lowest BCUT2D eigenvalue weighted by Crippen LogP contribution is -2.51. The molecule has 0 amide bonds. The normalized spacial score (nSPS) is 24.1. The maximum Gasteiger partial charge on any atom is 0.788 e. The van der Waals surface area contributed by atoms with E-state index >= 15 is 0 Å². The summed E-state index contributed by atoms with van der Waals surface area (Å²) in [5.74, 6) is 0.279. The SMILES string of the molecule is C[N+](C)(C)CC1CC2CCC1(OB(Oc1cccc(C(F)(F)F)c1)Oc1cccc(C(F)(F)F)c1)C2. The zero-order valence-corrected chi connectivity index (χ0v) is 20.3. The van der Waals surface area contributed by atoms with Crippen LogP contribution >= 0.6 is 0 Å². The number of hydrogen-bond donors (Lipinski definition) is 0. The number of nitrogens with zero attached hydrogens (tertiary/aromatic N) is 1. The van der Waals surface area contributed by atoms with Gasteiger partial charge in [-0.15, -0.1) is 0 Å². The third-order valence-corrected chi connectivity index (χ3v) is 6.86. The molecule has 0 heterocycles. The summed E-state index contributed by atoms with van der Waals surface area (Å²) in [6, 6.07) is 8.49. The van der Waals surface area contributed by atoms with Gasteiger partial charge in [0.1, 0.15) is 11.5 Å². The van der Waals surface area contributed by atoms with Crippen molar-refractivity contribution in [2.24, 2.45) is 11.8 Å². The molecule has 2 aliphatic rings. The monoisotopic (exact) mass is 516 g/mol. The molecule has 36 heavy (non-hydrogen) atoms. The van der Waals surface area contributed by atoms with Crippen molar-refractivity contribution in [3.05, 3.63) is 59.7 Å². The van der Waals surface area contributed by atoms with Crippen LogP contribution in [-0.4, -0.2) is 45.1 Å². The Morgan fingerprint density at radius 2 is 1.42 bits per heavy atom. The standard InChI is InChI=1S/C25H29BF6NO3/c1-33(2,3)16-20-12-17-10-11-23(20,15-17)36-26(34-21-8-4-6-18(13-21)24(27,28)29)35-22-9-5-7-19(14-22)25(30,31)32/h4-9,13-14,17,20H,10-12,15-16H2,1-3H3/q+1. The lowest BCUT2D eigenvalue weighted by molar-refractivity contribution is -0.874. The van der Waals surface area contributed by atoms with Gasteiger partial charge in [0.2, 0.25) is 0 Å². The van der Waals surface area contributed by atoms with Crippen molar-refractivity contribution < 1.29 is 44.8 Å². The van der Waals surface area contributed by atoms with Gasteiger partial charge in [-0.25, -0.2) is 0 Å². The average molecular weight is 516 g/mol. The Balaban J connectivity index is 1.63. The van der Waals surface area contributed by atoms with Crippen LogP contribution in [0, 0.1) is 11.8 Å². The van der Waals surface area contributed by atoms with Crippen LogP contribution < -0.4 is 9.31 Å². The molecule has 0 N–H and O–H groups in total. The van der Waals surface area contributed by atoms with Crippen molar-refractivity contribution in [2.45, 2.75) is 43.6 Å². The van der Waals surface area contributed by atoms with Crippen LogP contribution in [0.2, 0.25) is 0 Å². The zero-order valence-electron chi connectivity index (χ0n) is 20.3. The lowest BCUT2D eigenvalue weighted by Gasteiger charge is -2.39. The van der Waals surface area contributed by atoms with Gasteiger partial charge in [0.25, 0.3) is 0 Å². The van der Waals surface area contributed by atoms with Gasteiger partial charge >= 0.3 is 19.7 Å². The topological polar surface area (TPSA) is 27.7 Å². The molecule has 0 radical (unpaired) electrons. The number of benzene rings is 2. The summed E-state index contributed by atoms with van der Waals surface area (Å²) in [5.41, 5.74) is -2.47. The van der Waals surface area contributed by atoms with Crippen molar-refractivity contribution >= 4 is 7.32 Å². The van der Waals surface area contributed by atoms with Crippen molar-refractivity contribution in [1.82, 2.24) is 0 Å². The fourth-order valence-electron chi connectivity index (χ4n) is 5.41. The Labute approximate surface area is 206 Å². The summed E-state index contributed by atoms with van der Waals surface area (Å²) in [6.07, 6.45) is -5.84. The first-order valence-electron chi connectivity index (χ1n) is 11.8. The fourth-order valence-corrected chi connectivity index (χ4v) is 5.41. The number of halogens is 6. The van der Waals surface area contributed by atoms with Gasteiger partial charge < -0.3 is 18.4 Å². The second-order valence-corrected chi connectivity index (χ2v) is 10.8. The van der Waals surface area contributed by atoms with E-state index in [9.17, 15) is 26.3 Å². The highest BCUT2D eigenvalue weighted by molar-refractivity contribution is 6.38. The molecule has 4 rings (SSSR count). The molecule has 0 saturated heterocycles. The van der Waals surface area contributed by atoms with E-state index < -0.39 is 36.4 Å². The summed E-state index contributed by atoms with van der Waals surface area (Å²) in [7, 11) is 4.66. The third-order valence-electron chi connectivity index (χ3n) is 6.86. The highest BCUT2D eigenvalue weighted by atomic mass is 19.4. The van der Waals surface area contributed by atoms with E-state index in [1.54, 1.807) is 0 Å². The van der Waals surface area contributed by atoms with Gasteiger partial charge in [-0.1, -0.05) is 12.1 Å². The first-order valence-corrected chi connectivity index (χ1v) is 11.8. The molecule has 2 aliphatic carbocycles. The van der Waals surface area contributed by atoms with Crippen LogP contribution in [-0.2, 0) is 17.0 Å². The highest BCUT2D eigenvalue weighted by Gasteiger charge is 2.57. The van der Waals surface area contributed by atoms with E-state index in [1.807, 2.05) is 0 Å². The van der Waals surface area contributed by atoms with Crippen molar-refractivity contribution in [3.63, 3.8) is 0 Å². The molecular weight excluding hydrogens is 487 g/mol. The van der Waals surface area contributed by atoms with E-state index in [2.05, 4.69) is 21.1 Å². The minimum atomic E-state index is -4.59. The minimum Gasteiger partial charge on any atom is -0.501 e. The Morgan fingerprint density at radius 3 is 1.86 bits per heavy atom. The minimum absolute atomic E-state index is 0.147. The van der Waals surface area contributed by atoms with Crippen molar-refractivity contribution in [1.29, 1.82) is 0 Å². The molecule has 2 aromatic rings. The van der Waals surface area contributed by atoms with E-state index in [0.717, 1.165) is 56.5 Å². The summed E-state index contributed by atoms with van der Waals surface area (Å²) in [4.78, 5) is 0. The summed E-state index contributed by atoms with van der Waals surface area (Å²) in [5, 5.41) is 0. The second kappa shape index (κ2) is 9.48. The molecule has 3 unspecified atom stereocenters. The van der Waals surface area contributed by atoms with Crippen LogP contribution in [0.25, 0.3) is 0 Å². The van der Waals surface area contributed by atoms with E-state index in [0.29, 0.717) is 10.4 Å². The number of fused-ring (bicyclic) bond motifs is 2. The number of quaternary nitrogens is 1. The van der Waals surface area contributed by atoms with E-state index in [1.165, 1.54) is 24.3 Å². The number of hydrogen-bond acceptors (Lipinski definition) is 3. The Bertz CT molecular complexity index is 1010. The van der Waals surface area contributed by atoms with Crippen LogP contribution in [0.15, 0.2) is 48.5 Å². The first-order chi connectivity index (χ1) is 16.6. The molecule has 11 heteroatoms. The molecule has 0 aliphatic heterocycles. The lowest BCUT2D eigenvalue weighted by atomic mass is 9.83. The predicted octanol–water partition coefficient (Wildman–Crippen LogP) is 6.45. The third kappa shape index (κ3) is 6.29. The van der Waals surface area contributed by atoms with Gasteiger partial charge in [-0.3, -0.25) is 0 Å². The molecular formula is C25H29BF6NO3+. The second-order valence-electron chi connectivity index (χ2n) is 10.8. The molecule has 2 fully saturated rings. The summed E-state index contributed by atoms with van der Waals surface area (Å²) < 4.78 is 98.0. The van der Waals surface area contributed by atoms with E-state index in [4.69, 9.17) is 14.0 Å². The molecule has 2 aromatic carbocycles. The molecule has 2 saturated carbocycles. The summed E-state index contributed by atoms with van der Waals surface area (Å²) >= 11 is 0. The number of alkyl halides is 6. The predicted molar refractivity (Wildman–Crippen MR) is 122 cm³/mol.